The fourth-order valence-electron chi connectivity index (χ4n) is 2.61. The van der Waals surface area contributed by atoms with Crippen LogP contribution < -0.4 is 15.3 Å². The Kier molecular flexibility index (Phi) is 3.85. The molecule has 1 aliphatic heterocycles. The molecule has 1 N–H and O–H groups in total. The van der Waals surface area contributed by atoms with Crippen molar-refractivity contribution >= 4 is 23.1 Å². The Morgan fingerprint density at radius 2 is 1.45 bits per heavy atom. The molecule has 0 radical (unpaired) electrons. The number of hydrogen-bond donors (Lipinski definition) is 1. The third-order valence-corrected chi connectivity index (χ3v) is 4.37. The van der Waals surface area contributed by atoms with Crippen molar-refractivity contribution in [1.82, 2.24) is 5.43 Å². The molecule has 1 aliphatic rings. The molecule has 4 heteroatoms. The second-order valence-corrected chi connectivity index (χ2v) is 5.72. The molecule has 2 aromatic rings. The van der Waals surface area contributed by atoms with Gasteiger partial charge in [-0.15, -0.1) is 11.8 Å². The van der Waals surface area contributed by atoms with Gasteiger partial charge in [-0.1, -0.05) is 36.4 Å². The molecule has 1 heterocycles. The summed E-state index contributed by atoms with van der Waals surface area (Å²) in [5, 5.41) is 2.23. The molecule has 3 nitrogen and oxygen atoms in total. The Hall–Kier alpha value is -1.65. The summed E-state index contributed by atoms with van der Waals surface area (Å²) in [4.78, 5) is 2.40. The van der Waals surface area contributed by atoms with Crippen LogP contribution in [-0.4, -0.2) is 17.9 Å². The quantitative estimate of drug-likeness (QED) is 0.930. The summed E-state index contributed by atoms with van der Waals surface area (Å²) in [7, 11) is 0. The lowest BCUT2D eigenvalue weighted by Crippen LogP contribution is -2.38. The highest BCUT2D eigenvalue weighted by atomic mass is 32.2. The van der Waals surface area contributed by atoms with Gasteiger partial charge in [-0.2, -0.15) is 0 Å². The molecule has 2 atom stereocenters. The van der Waals surface area contributed by atoms with Crippen molar-refractivity contribution in [1.29, 1.82) is 0 Å². The van der Waals surface area contributed by atoms with E-state index in [0.29, 0.717) is 0 Å². The van der Waals surface area contributed by atoms with E-state index in [0.717, 1.165) is 0 Å². The van der Waals surface area contributed by atoms with E-state index in [9.17, 15) is 0 Å². The minimum atomic E-state index is 0.243. The van der Waals surface area contributed by atoms with Crippen LogP contribution in [0.2, 0.25) is 0 Å². The number of nitrogens with zero attached hydrogens (tertiary/aromatic N) is 2. The van der Waals surface area contributed by atoms with Gasteiger partial charge in [0, 0.05) is 5.69 Å². The number of rotatable bonds is 3. The molecular formula is C16H19N3S. The number of para-hydroxylation sites is 2. The molecule has 0 unspecified atom stereocenters. The van der Waals surface area contributed by atoms with Crippen LogP contribution in [0.15, 0.2) is 60.7 Å². The molecule has 0 aromatic heterocycles. The van der Waals surface area contributed by atoms with Gasteiger partial charge < -0.3 is 4.90 Å². The van der Waals surface area contributed by atoms with Gasteiger partial charge in [0.15, 0.2) is 0 Å². The van der Waals surface area contributed by atoms with Crippen LogP contribution in [0.4, 0.5) is 11.4 Å². The zero-order chi connectivity index (χ0) is 13.9. The molecule has 0 bridgehead atoms. The lowest BCUT2D eigenvalue weighted by molar-refractivity contribution is 0.692. The van der Waals surface area contributed by atoms with E-state index in [1.54, 1.807) is 0 Å². The van der Waals surface area contributed by atoms with E-state index in [2.05, 4.69) is 83.1 Å². The molecule has 104 valence electrons. The fraction of sp³-hybridized carbons (Fsp3) is 0.250. The maximum atomic E-state index is 3.58. The van der Waals surface area contributed by atoms with Crippen molar-refractivity contribution in [2.45, 2.75) is 18.6 Å². The molecule has 0 spiro atoms. The van der Waals surface area contributed by atoms with Gasteiger partial charge in [-0.3, -0.25) is 5.01 Å². The smallest absolute Gasteiger partial charge is 0.146 e. The highest BCUT2D eigenvalue weighted by Gasteiger charge is 2.36. The molecule has 20 heavy (non-hydrogen) atoms. The topological polar surface area (TPSA) is 18.5 Å². The zero-order valence-corrected chi connectivity index (χ0v) is 12.5. The summed E-state index contributed by atoms with van der Waals surface area (Å²) in [5.74, 6) is 0. The maximum absolute atomic E-state index is 3.58. The average molecular weight is 285 g/mol. The number of benzene rings is 2. The maximum Gasteiger partial charge on any atom is 0.146 e. The Morgan fingerprint density at radius 3 is 2.00 bits per heavy atom. The van der Waals surface area contributed by atoms with Crippen LogP contribution in [0, 0.1) is 0 Å². The summed E-state index contributed by atoms with van der Waals surface area (Å²) in [6, 6.07) is 21.0. The van der Waals surface area contributed by atoms with Gasteiger partial charge >= 0.3 is 0 Å². The number of hydrogen-bond acceptors (Lipinski definition) is 4. The second kappa shape index (κ2) is 5.77. The summed E-state index contributed by atoms with van der Waals surface area (Å²) in [6.45, 7) is 2.23. The number of anilines is 2. The second-order valence-electron chi connectivity index (χ2n) is 4.80. The largest absolute Gasteiger partial charge is 0.324 e. The van der Waals surface area contributed by atoms with Gasteiger partial charge in [0.05, 0.1) is 5.69 Å². The Morgan fingerprint density at radius 1 is 0.900 bits per heavy atom. The monoisotopic (exact) mass is 285 g/mol. The number of nitrogens with one attached hydrogen (secondary N) is 1. The predicted molar refractivity (Wildman–Crippen MR) is 87.7 cm³/mol. The Labute approximate surface area is 124 Å². The third-order valence-electron chi connectivity index (χ3n) is 3.59. The average Bonchev–Trinajstić information content (AvgIpc) is 2.86. The first kappa shape index (κ1) is 13.3. The van der Waals surface area contributed by atoms with E-state index in [-0.39, 0.29) is 11.7 Å². The lowest BCUT2D eigenvalue weighted by Gasteiger charge is -2.29. The van der Waals surface area contributed by atoms with E-state index >= 15 is 0 Å². The normalized spacial score (nSPS) is 22.3. The summed E-state index contributed by atoms with van der Waals surface area (Å²) >= 11 is 1.81. The first-order valence-corrected chi connectivity index (χ1v) is 8.06. The molecule has 3 rings (SSSR count). The SMILES string of the molecule is CS[C@@H]1NN(c2ccccc2)[C@@H](C)N1c1ccccc1. The van der Waals surface area contributed by atoms with Gasteiger partial charge in [0.1, 0.15) is 11.7 Å². The first-order chi connectivity index (χ1) is 9.81. The Bertz CT molecular complexity index is 546. The third kappa shape index (κ3) is 2.37. The van der Waals surface area contributed by atoms with E-state index in [1.165, 1.54) is 11.4 Å². The lowest BCUT2D eigenvalue weighted by atomic mass is 10.2. The minimum Gasteiger partial charge on any atom is -0.324 e. The zero-order valence-electron chi connectivity index (χ0n) is 11.7. The number of hydrazine groups is 1. The summed E-state index contributed by atoms with van der Waals surface area (Å²) < 4.78 is 0. The van der Waals surface area contributed by atoms with Crippen molar-refractivity contribution in [2.24, 2.45) is 0 Å². The minimum absolute atomic E-state index is 0.243. The van der Waals surface area contributed by atoms with Crippen LogP contribution >= 0.6 is 11.8 Å². The van der Waals surface area contributed by atoms with E-state index < -0.39 is 0 Å². The van der Waals surface area contributed by atoms with Crippen molar-refractivity contribution in [2.75, 3.05) is 16.2 Å². The molecule has 0 saturated carbocycles. The van der Waals surface area contributed by atoms with Gasteiger partial charge in [-0.05, 0) is 37.4 Å². The van der Waals surface area contributed by atoms with Crippen LogP contribution in [0.3, 0.4) is 0 Å². The molecule has 1 fully saturated rings. The van der Waals surface area contributed by atoms with Gasteiger partial charge in [-0.25, -0.2) is 5.43 Å². The molecule has 1 saturated heterocycles. The highest BCUT2D eigenvalue weighted by molar-refractivity contribution is 7.99. The van der Waals surface area contributed by atoms with Crippen LogP contribution in [0.5, 0.6) is 0 Å². The van der Waals surface area contributed by atoms with Crippen LogP contribution in [0.25, 0.3) is 0 Å². The first-order valence-electron chi connectivity index (χ1n) is 6.78. The molecular weight excluding hydrogens is 266 g/mol. The van der Waals surface area contributed by atoms with E-state index in [1.807, 2.05) is 17.8 Å². The van der Waals surface area contributed by atoms with Gasteiger partial charge in [0.2, 0.25) is 0 Å². The fourth-order valence-corrected chi connectivity index (χ4v) is 3.35. The van der Waals surface area contributed by atoms with Crippen LogP contribution in [-0.2, 0) is 0 Å². The number of thioether (sulfide) groups is 1. The predicted octanol–water partition coefficient (Wildman–Crippen LogP) is 3.51. The molecule has 0 amide bonds. The molecule has 2 aromatic carbocycles. The summed E-state index contributed by atoms with van der Waals surface area (Å²) in [5.41, 5.74) is 6.25. The van der Waals surface area contributed by atoms with Crippen molar-refractivity contribution < 1.29 is 0 Å². The van der Waals surface area contributed by atoms with E-state index in [4.69, 9.17) is 0 Å². The van der Waals surface area contributed by atoms with Crippen molar-refractivity contribution in [3.8, 4) is 0 Å². The molecule has 0 aliphatic carbocycles. The standard InChI is InChI=1S/C16H19N3S/c1-13-18(14-9-5-3-6-10-14)16(20-2)17-19(13)15-11-7-4-8-12-15/h3-13,16-17H,1-2H3/t13-,16+/m0/s1. The highest BCUT2D eigenvalue weighted by Crippen LogP contribution is 2.31. The summed E-state index contributed by atoms with van der Waals surface area (Å²) in [6.07, 6.45) is 2.40. The van der Waals surface area contributed by atoms with Gasteiger partial charge in [0.25, 0.3) is 0 Å². The van der Waals surface area contributed by atoms with Crippen LogP contribution in [0.1, 0.15) is 6.92 Å². The van der Waals surface area contributed by atoms with Crippen molar-refractivity contribution in [3.63, 3.8) is 0 Å². The van der Waals surface area contributed by atoms with Crippen molar-refractivity contribution in [3.05, 3.63) is 60.7 Å². The Balaban J connectivity index is 1.92.